The van der Waals surface area contributed by atoms with E-state index in [1.54, 1.807) is 28.8 Å². The summed E-state index contributed by atoms with van der Waals surface area (Å²) in [6.45, 7) is 3.37. The first-order chi connectivity index (χ1) is 19.2. The van der Waals surface area contributed by atoms with Crippen LogP contribution in [0, 0.1) is 6.92 Å². The van der Waals surface area contributed by atoms with Gasteiger partial charge < -0.3 is 5.32 Å². The van der Waals surface area contributed by atoms with Gasteiger partial charge in [-0.05, 0) is 56.3 Å². The SMILES string of the molecule is Cc1ccc(S(=O)(=O)N[C@@H](C)C(=O)Nc2ccc3c(c2)nc2c4ccccc4c(-c4ccc(Cl)cc4)nn32)cc1. The first-order valence-electron chi connectivity index (χ1n) is 12.6. The first-order valence-corrected chi connectivity index (χ1v) is 14.4. The van der Waals surface area contributed by atoms with Crippen molar-refractivity contribution in [3.63, 3.8) is 0 Å². The monoisotopic (exact) mass is 569 g/mol. The lowest BCUT2D eigenvalue weighted by atomic mass is 10.1. The topological polar surface area (TPSA) is 105 Å². The van der Waals surface area contributed by atoms with E-state index >= 15 is 0 Å². The van der Waals surface area contributed by atoms with Crippen molar-refractivity contribution in [1.82, 2.24) is 19.3 Å². The van der Waals surface area contributed by atoms with Gasteiger partial charge in [0.2, 0.25) is 15.9 Å². The Hall–Kier alpha value is -4.31. The molecule has 40 heavy (non-hydrogen) atoms. The summed E-state index contributed by atoms with van der Waals surface area (Å²) in [5.74, 6) is -0.493. The Morgan fingerprint density at radius 3 is 2.35 bits per heavy atom. The number of amides is 1. The second-order valence-electron chi connectivity index (χ2n) is 9.60. The largest absolute Gasteiger partial charge is 0.325 e. The van der Waals surface area contributed by atoms with Gasteiger partial charge in [-0.25, -0.2) is 17.9 Å². The maximum Gasteiger partial charge on any atom is 0.242 e. The molecule has 0 bridgehead atoms. The highest BCUT2D eigenvalue weighted by atomic mass is 35.5. The highest BCUT2D eigenvalue weighted by Crippen LogP contribution is 2.32. The molecule has 8 nitrogen and oxygen atoms in total. The predicted octanol–water partition coefficient (Wildman–Crippen LogP) is 5.97. The molecule has 0 unspecified atom stereocenters. The zero-order chi connectivity index (χ0) is 28.0. The number of aryl methyl sites for hydroxylation is 1. The highest BCUT2D eigenvalue weighted by Gasteiger charge is 2.22. The van der Waals surface area contributed by atoms with Gasteiger partial charge in [0.05, 0.1) is 27.7 Å². The van der Waals surface area contributed by atoms with Crippen LogP contribution in [0.2, 0.25) is 5.02 Å². The molecule has 200 valence electrons. The molecule has 0 saturated carbocycles. The van der Waals surface area contributed by atoms with E-state index < -0.39 is 22.0 Å². The number of fused-ring (bicyclic) bond motifs is 5. The first kappa shape index (κ1) is 25.9. The van der Waals surface area contributed by atoms with Gasteiger partial charge in [-0.15, -0.1) is 0 Å². The van der Waals surface area contributed by atoms with Crippen molar-refractivity contribution in [3.8, 4) is 11.3 Å². The number of benzene rings is 4. The Labute approximate surface area is 235 Å². The standard InChI is InChI=1S/C30H24ClN5O3S/c1-18-7-14-23(15-8-18)40(38,39)35-19(2)30(37)32-22-13-16-27-26(17-22)33-29-25-6-4-3-5-24(25)28(34-36(27)29)20-9-11-21(31)12-10-20/h3-17,19,35H,1-2H3,(H,32,37)/t19-/m0/s1. The van der Waals surface area contributed by atoms with Gasteiger partial charge in [0.1, 0.15) is 0 Å². The van der Waals surface area contributed by atoms with Crippen molar-refractivity contribution in [2.45, 2.75) is 24.8 Å². The zero-order valence-corrected chi connectivity index (χ0v) is 23.2. The number of nitrogens with one attached hydrogen (secondary N) is 2. The summed E-state index contributed by atoms with van der Waals surface area (Å²) in [6, 6.07) is 26.2. The fraction of sp³-hybridized carbons (Fsp3) is 0.100. The van der Waals surface area contributed by atoms with Gasteiger partial charge in [-0.1, -0.05) is 65.7 Å². The summed E-state index contributed by atoms with van der Waals surface area (Å²) < 4.78 is 29.7. The van der Waals surface area contributed by atoms with Gasteiger partial charge in [0.25, 0.3) is 0 Å². The molecule has 2 N–H and O–H groups in total. The van der Waals surface area contributed by atoms with E-state index in [2.05, 4.69) is 10.0 Å². The maximum atomic E-state index is 12.9. The molecule has 4 aromatic carbocycles. The molecule has 1 atom stereocenters. The van der Waals surface area contributed by atoms with Crippen LogP contribution >= 0.6 is 11.6 Å². The number of sulfonamides is 1. The van der Waals surface area contributed by atoms with Crippen molar-refractivity contribution < 1.29 is 13.2 Å². The third-order valence-corrected chi connectivity index (χ3v) is 8.50. The molecule has 1 amide bonds. The van der Waals surface area contributed by atoms with E-state index in [4.69, 9.17) is 21.7 Å². The van der Waals surface area contributed by atoms with Crippen LogP contribution < -0.4 is 10.0 Å². The van der Waals surface area contributed by atoms with Crippen molar-refractivity contribution in [3.05, 3.63) is 102 Å². The Morgan fingerprint density at radius 1 is 0.925 bits per heavy atom. The number of nitrogens with zero attached hydrogens (tertiary/aromatic N) is 3. The Kier molecular flexibility index (Phi) is 6.50. The number of imidazole rings is 1. The van der Waals surface area contributed by atoms with Gasteiger partial charge in [0, 0.05) is 27.0 Å². The van der Waals surface area contributed by atoms with Crippen LogP contribution in [-0.2, 0) is 14.8 Å². The molecular formula is C30H24ClN5O3S. The van der Waals surface area contributed by atoms with Gasteiger partial charge in [-0.2, -0.15) is 9.82 Å². The summed E-state index contributed by atoms with van der Waals surface area (Å²) in [5.41, 5.74) is 5.24. The Bertz CT molecular complexity index is 2020. The van der Waals surface area contributed by atoms with Gasteiger partial charge in [0.15, 0.2) is 5.65 Å². The third kappa shape index (κ3) is 4.79. The van der Waals surface area contributed by atoms with E-state index in [0.29, 0.717) is 21.9 Å². The number of carbonyl (C=O) groups is 1. The summed E-state index contributed by atoms with van der Waals surface area (Å²) in [6.07, 6.45) is 0. The number of anilines is 1. The molecule has 0 aliphatic rings. The minimum Gasteiger partial charge on any atom is -0.325 e. The summed E-state index contributed by atoms with van der Waals surface area (Å²) >= 11 is 6.11. The highest BCUT2D eigenvalue weighted by molar-refractivity contribution is 7.89. The molecule has 6 rings (SSSR count). The van der Waals surface area contributed by atoms with Gasteiger partial charge in [-0.3, -0.25) is 4.79 Å². The van der Waals surface area contributed by atoms with Crippen LogP contribution in [0.4, 0.5) is 5.69 Å². The van der Waals surface area contributed by atoms with E-state index in [0.717, 1.165) is 33.1 Å². The molecule has 6 aromatic rings. The van der Waals surface area contributed by atoms with E-state index in [-0.39, 0.29) is 4.90 Å². The fourth-order valence-corrected chi connectivity index (χ4v) is 5.93. The molecule has 0 spiro atoms. The number of carbonyl (C=O) groups excluding carboxylic acids is 1. The van der Waals surface area contributed by atoms with Crippen LogP contribution in [0.25, 0.3) is 38.7 Å². The minimum absolute atomic E-state index is 0.0987. The van der Waals surface area contributed by atoms with Gasteiger partial charge >= 0.3 is 0 Å². The number of rotatable bonds is 6. The number of hydrogen-bond donors (Lipinski definition) is 2. The van der Waals surface area contributed by atoms with Crippen molar-refractivity contribution in [2.24, 2.45) is 0 Å². The average Bonchev–Trinajstić information content (AvgIpc) is 3.31. The number of aromatic nitrogens is 3. The predicted molar refractivity (Wildman–Crippen MR) is 158 cm³/mol. The number of halogens is 1. The molecule has 2 aromatic heterocycles. The number of hydrogen-bond acceptors (Lipinski definition) is 5. The van der Waals surface area contributed by atoms with Crippen molar-refractivity contribution in [2.75, 3.05) is 5.32 Å². The second-order valence-corrected chi connectivity index (χ2v) is 11.7. The third-order valence-electron chi connectivity index (χ3n) is 6.70. The molecule has 0 radical (unpaired) electrons. The summed E-state index contributed by atoms with van der Waals surface area (Å²) in [4.78, 5) is 17.8. The molecule has 10 heteroatoms. The van der Waals surface area contributed by atoms with Crippen molar-refractivity contribution in [1.29, 1.82) is 0 Å². The van der Waals surface area contributed by atoms with E-state index in [1.165, 1.54) is 19.1 Å². The quantitative estimate of drug-likeness (QED) is 0.257. The average molecular weight is 570 g/mol. The van der Waals surface area contributed by atoms with Crippen LogP contribution in [0.1, 0.15) is 12.5 Å². The van der Waals surface area contributed by atoms with Crippen molar-refractivity contribution >= 4 is 60.7 Å². The second kappa shape index (κ2) is 10.0. The lowest BCUT2D eigenvalue weighted by molar-refractivity contribution is -0.117. The minimum atomic E-state index is -3.86. The lowest BCUT2D eigenvalue weighted by Crippen LogP contribution is -2.41. The normalized spacial score (nSPS) is 12.7. The molecule has 0 fully saturated rings. The van der Waals surface area contributed by atoms with Crippen LogP contribution in [0.5, 0.6) is 0 Å². The molecule has 0 aliphatic carbocycles. The fourth-order valence-electron chi connectivity index (χ4n) is 4.60. The molecule has 0 aliphatic heterocycles. The van der Waals surface area contributed by atoms with Crippen LogP contribution in [-0.4, -0.2) is 35.0 Å². The lowest BCUT2D eigenvalue weighted by Gasteiger charge is -2.14. The Balaban J connectivity index is 1.32. The summed E-state index contributed by atoms with van der Waals surface area (Å²) in [5, 5.41) is 10.3. The molecule has 0 saturated heterocycles. The zero-order valence-electron chi connectivity index (χ0n) is 21.6. The molecular weight excluding hydrogens is 546 g/mol. The van der Waals surface area contributed by atoms with E-state index in [1.807, 2.05) is 61.5 Å². The smallest absolute Gasteiger partial charge is 0.242 e. The van der Waals surface area contributed by atoms with Crippen LogP contribution in [0.15, 0.2) is 95.9 Å². The van der Waals surface area contributed by atoms with E-state index in [9.17, 15) is 13.2 Å². The maximum absolute atomic E-state index is 12.9. The Morgan fingerprint density at radius 2 is 1.62 bits per heavy atom. The molecule has 2 heterocycles. The van der Waals surface area contributed by atoms with Crippen LogP contribution in [0.3, 0.4) is 0 Å². The summed E-state index contributed by atoms with van der Waals surface area (Å²) in [7, 11) is -3.86.